The van der Waals surface area contributed by atoms with Crippen LogP contribution in [0, 0.1) is 5.92 Å². The van der Waals surface area contributed by atoms with Crippen LogP contribution in [0.15, 0.2) is 0 Å². The number of carbonyl (C=O) groups is 1. The van der Waals surface area contributed by atoms with Gasteiger partial charge in [0.25, 0.3) is 0 Å². The van der Waals surface area contributed by atoms with E-state index in [2.05, 4.69) is 17.1 Å². The summed E-state index contributed by atoms with van der Waals surface area (Å²) in [5.74, 6) is 0.876. The van der Waals surface area contributed by atoms with Crippen molar-refractivity contribution in [1.29, 1.82) is 0 Å². The van der Waals surface area contributed by atoms with Gasteiger partial charge in [-0.3, -0.25) is 4.79 Å². The number of nitrogens with two attached hydrogens (primary N) is 1. The van der Waals surface area contributed by atoms with Gasteiger partial charge >= 0.3 is 0 Å². The maximum atomic E-state index is 11.1. The van der Waals surface area contributed by atoms with Crippen LogP contribution in [0.3, 0.4) is 0 Å². The summed E-state index contributed by atoms with van der Waals surface area (Å²) < 4.78 is 0. The second-order valence-corrected chi connectivity index (χ2v) is 4.44. The summed E-state index contributed by atoms with van der Waals surface area (Å²) in [6.45, 7) is 6.81. The van der Waals surface area contributed by atoms with Crippen molar-refractivity contribution in [1.82, 2.24) is 10.2 Å². The van der Waals surface area contributed by atoms with E-state index in [0.717, 1.165) is 19.0 Å². The highest BCUT2D eigenvalue weighted by Crippen LogP contribution is 2.14. The van der Waals surface area contributed by atoms with Crippen LogP contribution >= 0.6 is 12.4 Å². The van der Waals surface area contributed by atoms with E-state index in [9.17, 15) is 4.79 Å². The van der Waals surface area contributed by atoms with Gasteiger partial charge in [0.15, 0.2) is 0 Å². The molecule has 16 heavy (non-hydrogen) atoms. The van der Waals surface area contributed by atoms with E-state index in [0.29, 0.717) is 13.0 Å². The Balaban J connectivity index is 0.00000225. The van der Waals surface area contributed by atoms with E-state index in [1.165, 1.54) is 25.9 Å². The number of amides is 1. The Morgan fingerprint density at radius 3 is 2.94 bits per heavy atom. The molecule has 1 saturated heterocycles. The fourth-order valence-electron chi connectivity index (χ4n) is 2.06. The number of piperidine rings is 1. The van der Waals surface area contributed by atoms with Crippen LogP contribution in [0.4, 0.5) is 0 Å². The molecule has 1 aliphatic rings. The molecule has 1 heterocycles. The monoisotopic (exact) mass is 249 g/mol. The SMILES string of the molecule is CC1CCCN(CCNC(=O)CCN)C1.Cl. The van der Waals surface area contributed by atoms with Crippen LogP contribution in [0.25, 0.3) is 0 Å². The molecule has 1 unspecified atom stereocenters. The van der Waals surface area contributed by atoms with E-state index in [1.54, 1.807) is 0 Å². The number of halogens is 1. The second-order valence-electron chi connectivity index (χ2n) is 4.44. The molecule has 1 amide bonds. The number of hydrogen-bond donors (Lipinski definition) is 2. The molecule has 1 fully saturated rings. The fraction of sp³-hybridized carbons (Fsp3) is 0.909. The predicted molar refractivity (Wildman–Crippen MR) is 68.8 cm³/mol. The lowest BCUT2D eigenvalue weighted by Gasteiger charge is -2.30. The Bertz CT molecular complexity index is 202. The van der Waals surface area contributed by atoms with Gasteiger partial charge in [-0.25, -0.2) is 0 Å². The first-order valence-corrected chi connectivity index (χ1v) is 5.91. The van der Waals surface area contributed by atoms with Crippen molar-refractivity contribution < 1.29 is 4.79 Å². The van der Waals surface area contributed by atoms with Gasteiger partial charge in [0, 0.05) is 32.6 Å². The summed E-state index contributed by atoms with van der Waals surface area (Å²) in [5, 5.41) is 2.89. The number of nitrogens with zero attached hydrogens (tertiary/aromatic N) is 1. The molecule has 96 valence electrons. The first-order chi connectivity index (χ1) is 7.22. The van der Waals surface area contributed by atoms with Gasteiger partial charge in [0.2, 0.25) is 5.91 Å². The van der Waals surface area contributed by atoms with E-state index in [1.807, 2.05) is 0 Å². The summed E-state index contributed by atoms with van der Waals surface area (Å²) in [7, 11) is 0. The number of hydrogen-bond acceptors (Lipinski definition) is 3. The topological polar surface area (TPSA) is 58.4 Å². The van der Waals surface area contributed by atoms with Crippen molar-refractivity contribution >= 4 is 18.3 Å². The minimum Gasteiger partial charge on any atom is -0.355 e. The van der Waals surface area contributed by atoms with Crippen molar-refractivity contribution in [3.63, 3.8) is 0 Å². The predicted octanol–water partition coefficient (Wildman–Crippen LogP) is 0.605. The van der Waals surface area contributed by atoms with Crippen molar-refractivity contribution in [2.45, 2.75) is 26.2 Å². The summed E-state index contributed by atoms with van der Waals surface area (Å²) >= 11 is 0. The van der Waals surface area contributed by atoms with Crippen LogP contribution in [0.1, 0.15) is 26.2 Å². The van der Waals surface area contributed by atoms with Crippen LogP contribution < -0.4 is 11.1 Å². The normalized spacial score (nSPS) is 21.2. The summed E-state index contributed by atoms with van der Waals surface area (Å²) in [6.07, 6.45) is 3.07. The molecule has 0 bridgehead atoms. The van der Waals surface area contributed by atoms with E-state index in [-0.39, 0.29) is 18.3 Å². The average Bonchev–Trinajstić information content (AvgIpc) is 2.18. The molecule has 1 atom stereocenters. The van der Waals surface area contributed by atoms with Crippen LogP contribution in [0.5, 0.6) is 0 Å². The van der Waals surface area contributed by atoms with Gasteiger partial charge in [-0.05, 0) is 25.3 Å². The van der Waals surface area contributed by atoms with Crippen molar-refractivity contribution in [3.8, 4) is 0 Å². The number of likely N-dealkylation sites (tertiary alicyclic amines) is 1. The second kappa shape index (κ2) is 8.79. The Morgan fingerprint density at radius 2 is 2.31 bits per heavy atom. The Kier molecular flexibility index (Phi) is 8.61. The van der Waals surface area contributed by atoms with Gasteiger partial charge in [-0.1, -0.05) is 6.92 Å². The van der Waals surface area contributed by atoms with Crippen molar-refractivity contribution in [3.05, 3.63) is 0 Å². The highest BCUT2D eigenvalue weighted by molar-refractivity contribution is 5.85. The number of nitrogens with one attached hydrogen (secondary N) is 1. The Morgan fingerprint density at radius 1 is 1.56 bits per heavy atom. The molecule has 4 nitrogen and oxygen atoms in total. The molecular weight excluding hydrogens is 226 g/mol. The van der Waals surface area contributed by atoms with E-state index >= 15 is 0 Å². The third-order valence-corrected chi connectivity index (χ3v) is 2.86. The van der Waals surface area contributed by atoms with Gasteiger partial charge < -0.3 is 16.0 Å². The molecule has 0 aromatic heterocycles. The molecule has 0 saturated carbocycles. The quantitative estimate of drug-likeness (QED) is 0.751. The van der Waals surface area contributed by atoms with Crippen LogP contribution in [0.2, 0.25) is 0 Å². The standard InChI is InChI=1S/C11H23N3O.ClH/c1-10-3-2-7-14(9-10)8-6-13-11(15)4-5-12;/h10H,2-9,12H2,1H3,(H,13,15);1H. The van der Waals surface area contributed by atoms with Gasteiger partial charge in [-0.15, -0.1) is 12.4 Å². The lowest BCUT2D eigenvalue weighted by atomic mass is 10.0. The number of rotatable bonds is 5. The molecule has 0 aromatic rings. The minimum absolute atomic E-state index is 0. The Labute approximate surface area is 104 Å². The molecule has 0 spiro atoms. The Hall–Kier alpha value is -0.320. The molecule has 1 rings (SSSR count). The van der Waals surface area contributed by atoms with Crippen LogP contribution in [-0.2, 0) is 4.79 Å². The van der Waals surface area contributed by atoms with Crippen molar-refractivity contribution in [2.24, 2.45) is 11.7 Å². The zero-order valence-electron chi connectivity index (χ0n) is 10.1. The first kappa shape index (κ1) is 15.7. The van der Waals surface area contributed by atoms with E-state index in [4.69, 9.17) is 5.73 Å². The van der Waals surface area contributed by atoms with E-state index < -0.39 is 0 Å². The maximum absolute atomic E-state index is 11.1. The van der Waals surface area contributed by atoms with Gasteiger partial charge in [0.1, 0.15) is 0 Å². The summed E-state index contributed by atoms with van der Waals surface area (Å²) in [5.41, 5.74) is 5.29. The lowest BCUT2D eigenvalue weighted by Crippen LogP contribution is -2.40. The van der Waals surface area contributed by atoms with Gasteiger partial charge in [0.05, 0.1) is 0 Å². The molecule has 0 aliphatic carbocycles. The zero-order valence-corrected chi connectivity index (χ0v) is 10.9. The molecule has 0 aromatic carbocycles. The average molecular weight is 250 g/mol. The summed E-state index contributed by atoms with van der Waals surface area (Å²) in [4.78, 5) is 13.6. The highest BCUT2D eigenvalue weighted by Gasteiger charge is 2.15. The fourth-order valence-corrected chi connectivity index (χ4v) is 2.06. The zero-order chi connectivity index (χ0) is 11.1. The molecule has 1 aliphatic heterocycles. The largest absolute Gasteiger partial charge is 0.355 e. The maximum Gasteiger partial charge on any atom is 0.221 e. The molecular formula is C11H24ClN3O. The third-order valence-electron chi connectivity index (χ3n) is 2.86. The summed E-state index contributed by atoms with van der Waals surface area (Å²) in [6, 6.07) is 0. The van der Waals surface area contributed by atoms with Crippen LogP contribution in [-0.4, -0.2) is 43.5 Å². The molecule has 0 radical (unpaired) electrons. The van der Waals surface area contributed by atoms with Crippen molar-refractivity contribution in [2.75, 3.05) is 32.7 Å². The number of carbonyl (C=O) groups excluding carboxylic acids is 1. The molecule has 3 N–H and O–H groups in total. The third kappa shape index (κ3) is 6.30. The smallest absolute Gasteiger partial charge is 0.221 e. The minimum atomic E-state index is 0. The van der Waals surface area contributed by atoms with Gasteiger partial charge in [-0.2, -0.15) is 0 Å². The first-order valence-electron chi connectivity index (χ1n) is 5.91. The molecule has 5 heteroatoms. The highest BCUT2D eigenvalue weighted by atomic mass is 35.5. The lowest BCUT2D eigenvalue weighted by molar-refractivity contribution is -0.120.